The Kier molecular flexibility index (Phi) is 7.05. The van der Waals surface area contributed by atoms with Crippen LogP contribution in [0, 0.1) is 0 Å². The molecule has 0 bridgehead atoms. The van der Waals surface area contributed by atoms with E-state index in [1.807, 2.05) is 5.94 Å². The Labute approximate surface area is 67.0 Å². The average molecular weight is 158 g/mol. The maximum absolute atomic E-state index is 10.2. The van der Waals surface area contributed by atoms with Gasteiger partial charge in [0, 0.05) is 32.6 Å². The van der Waals surface area contributed by atoms with Crippen LogP contribution in [0.3, 0.4) is 0 Å². The second kappa shape index (κ2) is 7.48. The minimum Gasteiger partial charge on any atom is -0.384 e. The van der Waals surface area contributed by atoms with Gasteiger partial charge in [-0.25, -0.2) is 4.79 Å². The quantitative estimate of drug-likeness (QED) is 0.537. The highest BCUT2D eigenvalue weighted by atomic mass is 16.5. The Hall–Kier alpha value is -0.630. The monoisotopic (exact) mass is 158 g/mol. The summed E-state index contributed by atoms with van der Waals surface area (Å²) in [7, 11) is 3.22. The van der Waals surface area contributed by atoms with Crippen molar-refractivity contribution in [3.63, 3.8) is 0 Å². The molecule has 0 aromatic heterocycles. The van der Waals surface area contributed by atoms with Gasteiger partial charge in [-0.1, -0.05) is 0 Å². The van der Waals surface area contributed by atoms with E-state index < -0.39 is 0 Å². The standard InChI is InChI=1S/C8H14O3/c1-10-5-3-8(7-9)4-6-11-2/h3-6H2,1-2H3. The van der Waals surface area contributed by atoms with Crippen LogP contribution in [0.4, 0.5) is 0 Å². The van der Waals surface area contributed by atoms with Crippen LogP contribution in [0.1, 0.15) is 12.8 Å². The van der Waals surface area contributed by atoms with Gasteiger partial charge in [-0.3, -0.25) is 0 Å². The van der Waals surface area contributed by atoms with Crippen LogP contribution in [0.5, 0.6) is 0 Å². The van der Waals surface area contributed by atoms with Crippen molar-refractivity contribution in [1.29, 1.82) is 0 Å². The molecule has 0 aromatic rings. The van der Waals surface area contributed by atoms with Crippen LogP contribution >= 0.6 is 0 Å². The van der Waals surface area contributed by atoms with Crippen molar-refractivity contribution < 1.29 is 14.3 Å². The van der Waals surface area contributed by atoms with Crippen LogP contribution in [-0.2, 0) is 14.3 Å². The molecule has 0 N–H and O–H groups in total. The summed E-state index contributed by atoms with van der Waals surface area (Å²) in [4.78, 5) is 10.2. The molecule has 3 heteroatoms. The highest BCUT2D eigenvalue weighted by Crippen LogP contribution is 2.02. The van der Waals surface area contributed by atoms with Crippen molar-refractivity contribution in [1.82, 2.24) is 0 Å². The lowest BCUT2D eigenvalue weighted by Gasteiger charge is -2.00. The van der Waals surface area contributed by atoms with Gasteiger partial charge < -0.3 is 9.47 Å². The lowest BCUT2D eigenvalue weighted by atomic mass is 10.1. The summed E-state index contributed by atoms with van der Waals surface area (Å²) in [5, 5.41) is 0. The van der Waals surface area contributed by atoms with Gasteiger partial charge in [0.2, 0.25) is 0 Å². The average Bonchev–Trinajstić information content (AvgIpc) is 2.05. The number of carbonyl (C=O) groups excluding carboxylic acids is 1. The van der Waals surface area contributed by atoms with Crippen LogP contribution in [0.25, 0.3) is 0 Å². The van der Waals surface area contributed by atoms with Crippen LogP contribution in [0.15, 0.2) is 5.57 Å². The molecule has 0 atom stereocenters. The number of methoxy groups -OCH3 is 2. The van der Waals surface area contributed by atoms with Crippen LogP contribution in [-0.4, -0.2) is 33.4 Å². The van der Waals surface area contributed by atoms with E-state index in [9.17, 15) is 4.79 Å². The van der Waals surface area contributed by atoms with Gasteiger partial charge in [0.25, 0.3) is 0 Å². The van der Waals surface area contributed by atoms with Crippen molar-refractivity contribution in [2.75, 3.05) is 27.4 Å². The SMILES string of the molecule is COCCC(=C=O)CCOC. The maximum atomic E-state index is 10.2. The van der Waals surface area contributed by atoms with Gasteiger partial charge in [-0.2, -0.15) is 0 Å². The van der Waals surface area contributed by atoms with Crippen molar-refractivity contribution >= 4 is 5.94 Å². The van der Waals surface area contributed by atoms with E-state index in [0.717, 1.165) is 5.57 Å². The Morgan fingerprint density at radius 1 is 1.18 bits per heavy atom. The summed E-state index contributed by atoms with van der Waals surface area (Å²) < 4.78 is 9.63. The first-order valence-corrected chi connectivity index (χ1v) is 3.56. The van der Waals surface area contributed by atoms with E-state index in [1.54, 1.807) is 14.2 Å². The van der Waals surface area contributed by atoms with Gasteiger partial charge in [0.05, 0.1) is 13.2 Å². The molecular weight excluding hydrogens is 144 g/mol. The molecule has 0 saturated carbocycles. The predicted octanol–water partition coefficient (Wildman–Crippen LogP) is 0.817. The summed E-state index contributed by atoms with van der Waals surface area (Å²) in [5.41, 5.74) is 0.730. The van der Waals surface area contributed by atoms with Gasteiger partial charge in [-0.05, 0) is 0 Å². The minimum absolute atomic E-state index is 0.578. The molecule has 0 unspecified atom stereocenters. The van der Waals surface area contributed by atoms with Gasteiger partial charge in [0.1, 0.15) is 5.94 Å². The third kappa shape index (κ3) is 5.80. The number of hydrogen-bond donors (Lipinski definition) is 0. The highest BCUT2D eigenvalue weighted by molar-refractivity contribution is 5.52. The first kappa shape index (κ1) is 10.4. The molecule has 0 saturated heterocycles. The second-order valence-electron chi connectivity index (χ2n) is 2.19. The van der Waals surface area contributed by atoms with E-state index in [2.05, 4.69) is 0 Å². The molecule has 64 valence electrons. The van der Waals surface area contributed by atoms with E-state index >= 15 is 0 Å². The van der Waals surface area contributed by atoms with E-state index in [-0.39, 0.29) is 0 Å². The first-order valence-electron chi connectivity index (χ1n) is 3.56. The third-order valence-corrected chi connectivity index (χ3v) is 1.36. The van der Waals surface area contributed by atoms with E-state index in [4.69, 9.17) is 9.47 Å². The van der Waals surface area contributed by atoms with Crippen molar-refractivity contribution in [3.05, 3.63) is 5.57 Å². The summed E-state index contributed by atoms with van der Waals surface area (Å²) in [5.74, 6) is 1.88. The fraction of sp³-hybridized carbons (Fsp3) is 0.750. The molecular formula is C8H14O3. The molecule has 0 amide bonds. The smallest absolute Gasteiger partial charge is 0.123 e. The van der Waals surface area contributed by atoms with Gasteiger partial charge in [0.15, 0.2) is 0 Å². The molecule has 0 aromatic carbocycles. The fourth-order valence-electron chi connectivity index (χ4n) is 0.678. The third-order valence-electron chi connectivity index (χ3n) is 1.36. The zero-order valence-electron chi connectivity index (χ0n) is 7.05. The Morgan fingerprint density at radius 3 is 1.91 bits per heavy atom. The minimum atomic E-state index is 0.578. The highest BCUT2D eigenvalue weighted by Gasteiger charge is 1.97. The molecule has 11 heavy (non-hydrogen) atoms. The number of rotatable bonds is 6. The number of hydrogen-bond acceptors (Lipinski definition) is 3. The molecule has 0 fully saturated rings. The largest absolute Gasteiger partial charge is 0.384 e. The summed E-state index contributed by atoms with van der Waals surface area (Å²) in [6.07, 6.45) is 1.31. The van der Waals surface area contributed by atoms with Crippen molar-refractivity contribution in [2.24, 2.45) is 0 Å². The van der Waals surface area contributed by atoms with Crippen LogP contribution in [0.2, 0.25) is 0 Å². The van der Waals surface area contributed by atoms with E-state index in [0.29, 0.717) is 26.1 Å². The van der Waals surface area contributed by atoms with Crippen molar-refractivity contribution in [3.8, 4) is 0 Å². The molecule has 0 aliphatic heterocycles. The molecule has 0 rings (SSSR count). The lowest BCUT2D eigenvalue weighted by molar-refractivity contribution is 0.189. The lowest BCUT2D eigenvalue weighted by Crippen LogP contribution is -1.97. The normalized spacial score (nSPS) is 9.27. The second-order valence-corrected chi connectivity index (χ2v) is 2.19. The molecule has 0 radical (unpaired) electrons. The fourth-order valence-corrected chi connectivity index (χ4v) is 0.678. The molecule has 0 aliphatic rings. The maximum Gasteiger partial charge on any atom is 0.123 e. The van der Waals surface area contributed by atoms with Crippen molar-refractivity contribution in [2.45, 2.75) is 12.8 Å². The Bertz CT molecular complexity index is 126. The van der Waals surface area contributed by atoms with Gasteiger partial charge >= 0.3 is 0 Å². The summed E-state index contributed by atoms with van der Waals surface area (Å²) in [6, 6.07) is 0. The molecule has 0 aliphatic carbocycles. The molecule has 3 nitrogen and oxygen atoms in total. The van der Waals surface area contributed by atoms with Crippen LogP contribution < -0.4 is 0 Å². The Morgan fingerprint density at radius 2 is 1.64 bits per heavy atom. The zero-order valence-corrected chi connectivity index (χ0v) is 7.05. The topological polar surface area (TPSA) is 35.5 Å². The van der Waals surface area contributed by atoms with Gasteiger partial charge in [-0.15, -0.1) is 0 Å². The molecule has 0 heterocycles. The zero-order chi connectivity index (χ0) is 8.53. The van der Waals surface area contributed by atoms with E-state index in [1.165, 1.54) is 0 Å². The Balaban J connectivity index is 3.52. The summed E-state index contributed by atoms with van der Waals surface area (Å²) in [6.45, 7) is 1.16. The predicted molar refractivity (Wildman–Crippen MR) is 42.2 cm³/mol. The summed E-state index contributed by atoms with van der Waals surface area (Å²) >= 11 is 0. The molecule has 0 spiro atoms. The first-order chi connectivity index (χ1) is 5.35. The number of ether oxygens (including phenoxy) is 2.